The predicted molar refractivity (Wildman–Crippen MR) is 126 cm³/mol. The number of fused-ring (bicyclic) bond motifs is 2. The number of allylic oxidation sites excluding steroid dienone is 1. The number of oxime groups is 1. The Balaban J connectivity index is 1.33. The summed E-state index contributed by atoms with van der Waals surface area (Å²) >= 11 is 2.25. The SMILES string of the molecule is CON=C(C(=O)N[C@@H]1C(=O)N2C(C(=O)O)=C(CN3C=CN4N=CCC=C34)CS[C@@H]12)c1nsc(N)n1. The maximum atomic E-state index is 13.0. The van der Waals surface area contributed by atoms with Gasteiger partial charge in [-0.2, -0.15) is 14.5 Å². The van der Waals surface area contributed by atoms with E-state index in [1.54, 1.807) is 17.4 Å². The summed E-state index contributed by atoms with van der Waals surface area (Å²) in [5.74, 6) is -1.31. The molecule has 14 nitrogen and oxygen atoms in total. The van der Waals surface area contributed by atoms with Gasteiger partial charge in [0, 0.05) is 48.9 Å². The zero-order chi connectivity index (χ0) is 24.7. The number of hydrazone groups is 1. The van der Waals surface area contributed by atoms with Crippen LogP contribution in [0.2, 0.25) is 0 Å². The van der Waals surface area contributed by atoms with Crippen LogP contribution in [0.5, 0.6) is 0 Å². The van der Waals surface area contributed by atoms with Gasteiger partial charge in [0.05, 0.1) is 0 Å². The van der Waals surface area contributed by atoms with Gasteiger partial charge >= 0.3 is 5.97 Å². The Hall–Kier alpha value is -3.92. The lowest BCUT2D eigenvalue weighted by Crippen LogP contribution is -2.71. The third-order valence-electron chi connectivity index (χ3n) is 5.48. The Bertz CT molecular complexity index is 1250. The molecule has 0 unspecified atom stereocenters. The number of carboxylic acids is 1. The molecule has 182 valence electrons. The minimum absolute atomic E-state index is 0.0331. The Kier molecular flexibility index (Phi) is 5.89. The fourth-order valence-corrected chi connectivity index (χ4v) is 5.76. The summed E-state index contributed by atoms with van der Waals surface area (Å²) in [6.07, 6.45) is 8.03. The van der Waals surface area contributed by atoms with Crippen molar-refractivity contribution in [1.29, 1.82) is 0 Å². The Morgan fingerprint density at radius 3 is 2.94 bits per heavy atom. The Morgan fingerprint density at radius 1 is 1.40 bits per heavy atom. The van der Waals surface area contributed by atoms with E-state index in [0.717, 1.165) is 17.4 Å². The highest BCUT2D eigenvalue weighted by Gasteiger charge is 2.54. The number of nitrogens with one attached hydrogen (secondary N) is 1. The van der Waals surface area contributed by atoms with Gasteiger partial charge in [0.25, 0.3) is 11.8 Å². The largest absolute Gasteiger partial charge is 0.477 e. The maximum Gasteiger partial charge on any atom is 0.352 e. The van der Waals surface area contributed by atoms with E-state index in [-0.39, 0.29) is 28.9 Å². The molecular formula is C19H19N9O5S2. The third-order valence-corrected chi connectivity index (χ3v) is 7.36. The second-order valence-corrected chi connectivity index (χ2v) is 9.45. The van der Waals surface area contributed by atoms with Crippen molar-refractivity contribution in [3.63, 3.8) is 0 Å². The molecule has 0 aliphatic carbocycles. The van der Waals surface area contributed by atoms with Gasteiger partial charge in [-0.1, -0.05) is 5.16 Å². The van der Waals surface area contributed by atoms with Crippen LogP contribution in [0.1, 0.15) is 12.2 Å². The fraction of sp³-hybridized carbons (Fsp3) is 0.316. The summed E-state index contributed by atoms with van der Waals surface area (Å²) in [5, 5.41) is 21.7. The van der Waals surface area contributed by atoms with E-state index in [4.69, 9.17) is 10.6 Å². The van der Waals surface area contributed by atoms with Crippen LogP contribution >= 0.6 is 23.3 Å². The van der Waals surface area contributed by atoms with Gasteiger partial charge in [0.2, 0.25) is 11.5 Å². The average Bonchev–Trinajstić information content (AvgIpc) is 3.46. The molecule has 5 heterocycles. The molecule has 35 heavy (non-hydrogen) atoms. The number of nitrogens with zero attached hydrogens (tertiary/aromatic N) is 7. The van der Waals surface area contributed by atoms with Crippen molar-refractivity contribution in [3.8, 4) is 0 Å². The second-order valence-electron chi connectivity index (χ2n) is 7.56. The summed E-state index contributed by atoms with van der Waals surface area (Å²) in [7, 11) is 1.26. The van der Waals surface area contributed by atoms with Gasteiger partial charge < -0.3 is 25.9 Å². The monoisotopic (exact) mass is 517 g/mol. The van der Waals surface area contributed by atoms with Gasteiger partial charge in [-0.05, 0) is 11.6 Å². The topological polar surface area (TPSA) is 179 Å². The number of carboxylic acid groups (broad SMARTS) is 1. The van der Waals surface area contributed by atoms with Crippen molar-refractivity contribution in [2.75, 3.05) is 25.1 Å². The molecule has 16 heteroatoms. The number of hydrogen-bond donors (Lipinski definition) is 3. The number of rotatable bonds is 7. The van der Waals surface area contributed by atoms with Crippen molar-refractivity contribution in [3.05, 3.63) is 41.4 Å². The molecule has 1 saturated heterocycles. The second kappa shape index (κ2) is 9.03. The van der Waals surface area contributed by atoms with Crippen LogP contribution in [0.3, 0.4) is 0 Å². The summed E-state index contributed by atoms with van der Waals surface area (Å²) in [6.45, 7) is 0.290. The predicted octanol–water partition coefficient (Wildman–Crippen LogP) is -0.471. The molecule has 2 atom stereocenters. The lowest BCUT2D eigenvalue weighted by atomic mass is 10.0. The van der Waals surface area contributed by atoms with E-state index in [0.29, 0.717) is 17.7 Å². The number of thioether (sulfide) groups is 1. The number of hydrogen-bond acceptors (Lipinski definition) is 13. The van der Waals surface area contributed by atoms with Crippen LogP contribution in [-0.2, 0) is 19.2 Å². The first-order chi connectivity index (χ1) is 16.9. The first-order valence-electron chi connectivity index (χ1n) is 10.3. The van der Waals surface area contributed by atoms with Gasteiger partial charge in [0.15, 0.2) is 5.13 Å². The maximum absolute atomic E-state index is 13.0. The van der Waals surface area contributed by atoms with E-state index in [9.17, 15) is 19.5 Å². The number of nitrogens with two attached hydrogens (primary N) is 1. The lowest BCUT2D eigenvalue weighted by Gasteiger charge is -2.49. The summed E-state index contributed by atoms with van der Waals surface area (Å²) in [4.78, 5) is 49.7. The highest BCUT2D eigenvalue weighted by atomic mass is 32.2. The van der Waals surface area contributed by atoms with Crippen molar-refractivity contribution >= 4 is 58.1 Å². The summed E-state index contributed by atoms with van der Waals surface area (Å²) in [6, 6.07) is -0.945. The van der Waals surface area contributed by atoms with E-state index in [1.807, 2.05) is 17.2 Å². The van der Waals surface area contributed by atoms with E-state index in [2.05, 4.69) is 24.9 Å². The van der Waals surface area contributed by atoms with E-state index in [1.165, 1.54) is 23.8 Å². The molecule has 0 spiro atoms. The number of nitrogen functional groups attached to an aromatic ring is 1. The minimum atomic E-state index is -1.21. The van der Waals surface area contributed by atoms with Gasteiger partial charge in [0.1, 0.15) is 30.0 Å². The van der Waals surface area contributed by atoms with Crippen molar-refractivity contribution in [1.82, 2.24) is 29.5 Å². The number of carbonyl (C=O) groups excluding carboxylic acids is 2. The number of amides is 2. The zero-order valence-electron chi connectivity index (χ0n) is 18.2. The molecule has 2 amide bonds. The van der Waals surface area contributed by atoms with Gasteiger partial charge in [-0.3, -0.25) is 14.5 Å². The molecule has 0 saturated carbocycles. The van der Waals surface area contributed by atoms with Crippen molar-refractivity contribution in [2.24, 2.45) is 10.3 Å². The number of anilines is 1. The summed E-state index contributed by atoms with van der Waals surface area (Å²) < 4.78 is 3.95. The summed E-state index contributed by atoms with van der Waals surface area (Å²) in [5.41, 5.74) is 5.86. The number of aromatic nitrogens is 2. The van der Waals surface area contributed by atoms with Crippen LogP contribution in [0, 0.1) is 0 Å². The molecule has 1 aromatic heterocycles. The van der Waals surface area contributed by atoms with Gasteiger partial charge in [-0.15, -0.1) is 11.8 Å². The van der Waals surface area contributed by atoms with E-state index >= 15 is 0 Å². The Morgan fingerprint density at radius 2 is 2.23 bits per heavy atom. The van der Waals surface area contributed by atoms with Crippen LogP contribution in [0.15, 0.2) is 45.8 Å². The van der Waals surface area contributed by atoms with Crippen LogP contribution in [-0.4, -0.2) is 89.8 Å². The number of β-lactam (4-membered cyclic amide) rings is 1. The third kappa shape index (κ3) is 3.99. The molecule has 4 aliphatic rings. The standard InChI is InChI=1S/C19H19N9O5S2/c1-33-24-11(14-23-19(20)35-25-14)15(29)22-12-16(30)28-13(18(31)32)9(8-34-17(12)28)7-26-5-6-27-10(26)3-2-4-21-27/h3-6,12,17H,2,7-8H2,1H3,(H,22,29)(H,31,32)(H2,20,23,25)/t12-,17+/m1/s1. The quantitative estimate of drug-likeness (QED) is 0.242. The Labute approximate surface area is 206 Å². The van der Waals surface area contributed by atoms with Crippen molar-refractivity contribution < 1.29 is 24.3 Å². The van der Waals surface area contributed by atoms with Crippen LogP contribution in [0.4, 0.5) is 5.13 Å². The first kappa shape index (κ1) is 22.9. The van der Waals surface area contributed by atoms with Gasteiger partial charge in [-0.25, -0.2) is 9.80 Å². The normalized spacial score (nSPS) is 23.1. The zero-order valence-corrected chi connectivity index (χ0v) is 19.8. The first-order valence-corrected chi connectivity index (χ1v) is 12.1. The minimum Gasteiger partial charge on any atom is -0.477 e. The smallest absolute Gasteiger partial charge is 0.352 e. The molecule has 4 N–H and O–H groups in total. The fourth-order valence-electron chi connectivity index (χ4n) is 3.99. The van der Waals surface area contributed by atoms with Crippen LogP contribution < -0.4 is 11.1 Å². The lowest BCUT2D eigenvalue weighted by molar-refractivity contribution is -0.150. The highest BCUT2D eigenvalue weighted by molar-refractivity contribution is 8.00. The highest BCUT2D eigenvalue weighted by Crippen LogP contribution is 2.41. The number of aliphatic carboxylic acids is 1. The molecule has 0 radical (unpaired) electrons. The molecular weight excluding hydrogens is 498 g/mol. The molecule has 0 aromatic carbocycles. The molecule has 0 bridgehead atoms. The van der Waals surface area contributed by atoms with E-state index < -0.39 is 29.2 Å². The molecule has 1 fully saturated rings. The number of carbonyl (C=O) groups is 3. The molecule has 4 aliphatic heterocycles. The van der Waals surface area contributed by atoms with Crippen LogP contribution in [0.25, 0.3) is 0 Å². The van der Waals surface area contributed by atoms with Crippen molar-refractivity contribution in [2.45, 2.75) is 17.8 Å². The average molecular weight is 518 g/mol. The molecule has 1 aromatic rings. The molecule has 5 rings (SSSR count).